The maximum Gasteiger partial charge on any atom is 0.0410 e. The lowest BCUT2D eigenvalue weighted by molar-refractivity contribution is 0.166. The van der Waals surface area contributed by atoms with Crippen LogP contribution >= 0.6 is 27.5 Å². The van der Waals surface area contributed by atoms with E-state index in [4.69, 9.17) is 11.6 Å². The molecule has 1 fully saturated rings. The summed E-state index contributed by atoms with van der Waals surface area (Å²) in [5.41, 5.74) is 1.66. The molecule has 0 amide bonds. The maximum absolute atomic E-state index is 6.02. The van der Waals surface area contributed by atoms with Crippen LogP contribution < -0.4 is 0 Å². The molecule has 1 saturated carbocycles. The van der Waals surface area contributed by atoms with Gasteiger partial charge in [0.1, 0.15) is 0 Å². The SMILES string of the molecule is ClCC1(Cc2cncc(Br)c2)CCC1. The Morgan fingerprint density at radius 2 is 2.21 bits per heavy atom. The molecule has 0 aromatic carbocycles. The van der Waals surface area contributed by atoms with Crippen LogP contribution in [0.15, 0.2) is 22.9 Å². The molecule has 14 heavy (non-hydrogen) atoms. The molecule has 0 radical (unpaired) electrons. The van der Waals surface area contributed by atoms with Gasteiger partial charge in [-0.05, 0) is 52.2 Å². The van der Waals surface area contributed by atoms with Crippen LogP contribution in [0.4, 0.5) is 0 Å². The predicted molar refractivity (Wildman–Crippen MR) is 62.6 cm³/mol. The van der Waals surface area contributed by atoms with Crippen molar-refractivity contribution < 1.29 is 0 Å². The van der Waals surface area contributed by atoms with Crippen molar-refractivity contribution in [2.75, 3.05) is 5.88 Å². The Balaban J connectivity index is 2.09. The van der Waals surface area contributed by atoms with Crippen LogP contribution in [0.3, 0.4) is 0 Å². The van der Waals surface area contributed by atoms with E-state index in [0.29, 0.717) is 5.41 Å². The van der Waals surface area contributed by atoms with Gasteiger partial charge in [0.05, 0.1) is 0 Å². The lowest BCUT2D eigenvalue weighted by Gasteiger charge is -2.40. The lowest BCUT2D eigenvalue weighted by Crippen LogP contribution is -2.33. The van der Waals surface area contributed by atoms with E-state index in [1.807, 2.05) is 12.4 Å². The Morgan fingerprint density at radius 1 is 1.43 bits per heavy atom. The highest BCUT2D eigenvalue weighted by Gasteiger charge is 2.36. The van der Waals surface area contributed by atoms with Gasteiger partial charge in [0.15, 0.2) is 0 Å². The molecule has 1 nitrogen and oxygen atoms in total. The van der Waals surface area contributed by atoms with Gasteiger partial charge in [0.2, 0.25) is 0 Å². The van der Waals surface area contributed by atoms with E-state index < -0.39 is 0 Å². The first-order valence-corrected chi connectivity index (χ1v) is 6.22. The molecule has 0 spiro atoms. The Hall–Kier alpha value is -0.0800. The van der Waals surface area contributed by atoms with Crippen molar-refractivity contribution >= 4 is 27.5 Å². The van der Waals surface area contributed by atoms with Gasteiger partial charge in [0, 0.05) is 22.7 Å². The largest absolute Gasteiger partial charge is 0.263 e. The van der Waals surface area contributed by atoms with Crippen LogP contribution in [0.25, 0.3) is 0 Å². The first kappa shape index (κ1) is 10.4. The summed E-state index contributed by atoms with van der Waals surface area (Å²) in [4.78, 5) is 4.17. The van der Waals surface area contributed by atoms with Gasteiger partial charge < -0.3 is 0 Å². The number of aromatic nitrogens is 1. The van der Waals surface area contributed by atoms with Crippen LogP contribution in [0.1, 0.15) is 24.8 Å². The molecule has 3 heteroatoms. The summed E-state index contributed by atoms with van der Waals surface area (Å²) >= 11 is 9.45. The average molecular weight is 275 g/mol. The number of hydrogen-bond donors (Lipinski definition) is 0. The van der Waals surface area contributed by atoms with Crippen molar-refractivity contribution in [2.24, 2.45) is 5.41 Å². The first-order valence-electron chi connectivity index (χ1n) is 4.90. The lowest BCUT2D eigenvalue weighted by atomic mass is 9.67. The minimum Gasteiger partial charge on any atom is -0.263 e. The molecule has 0 aliphatic heterocycles. The van der Waals surface area contributed by atoms with Crippen LogP contribution in [0.5, 0.6) is 0 Å². The Labute approximate surface area is 98.0 Å². The highest BCUT2D eigenvalue weighted by molar-refractivity contribution is 9.10. The zero-order valence-electron chi connectivity index (χ0n) is 7.97. The zero-order chi connectivity index (χ0) is 10.0. The topological polar surface area (TPSA) is 12.9 Å². The molecule has 0 unspecified atom stereocenters. The summed E-state index contributed by atoms with van der Waals surface area (Å²) in [6, 6.07) is 2.14. The average Bonchev–Trinajstić information content (AvgIpc) is 2.11. The number of alkyl halides is 1. The molecule has 1 aromatic heterocycles. The third-order valence-corrected chi connectivity index (χ3v) is 4.04. The van der Waals surface area contributed by atoms with Crippen molar-refractivity contribution in [1.82, 2.24) is 4.98 Å². The van der Waals surface area contributed by atoms with E-state index in [2.05, 4.69) is 27.0 Å². The van der Waals surface area contributed by atoms with Gasteiger partial charge >= 0.3 is 0 Å². The third-order valence-electron chi connectivity index (χ3n) is 3.04. The molecule has 1 heterocycles. The number of rotatable bonds is 3. The quantitative estimate of drug-likeness (QED) is 0.764. The summed E-state index contributed by atoms with van der Waals surface area (Å²) in [5, 5.41) is 0. The van der Waals surface area contributed by atoms with Crippen molar-refractivity contribution in [2.45, 2.75) is 25.7 Å². The van der Waals surface area contributed by atoms with E-state index in [1.165, 1.54) is 24.8 Å². The fraction of sp³-hybridized carbons (Fsp3) is 0.545. The Bertz CT molecular complexity index is 317. The summed E-state index contributed by atoms with van der Waals surface area (Å²) < 4.78 is 1.05. The highest BCUT2D eigenvalue weighted by Crippen LogP contribution is 2.44. The second-order valence-electron chi connectivity index (χ2n) is 4.18. The minimum atomic E-state index is 0.365. The predicted octanol–water partition coefficient (Wildman–Crippen LogP) is 3.80. The van der Waals surface area contributed by atoms with E-state index in [1.54, 1.807) is 0 Å². The molecular weight excluding hydrogens is 261 g/mol. The zero-order valence-corrected chi connectivity index (χ0v) is 10.3. The first-order chi connectivity index (χ1) is 6.74. The van der Waals surface area contributed by atoms with Gasteiger partial charge in [0.25, 0.3) is 0 Å². The van der Waals surface area contributed by atoms with E-state index in [9.17, 15) is 0 Å². The molecule has 0 N–H and O–H groups in total. The minimum absolute atomic E-state index is 0.365. The van der Waals surface area contributed by atoms with E-state index in [0.717, 1.165) is 16.8 Å². The van der Waals surface area contributed by atoms with Crippen molar-refractivity contribution in [3.05, 3.63) is 28.5 Å². The number of hydrogen-bond acceptors (Lipinski definition) is 1. The van der Waals surface area contributed by atoms with Crippen molar-refractivity contribution in [3.8, 4) is 0 Å². The molecule has 0 bridgehead atoms. The summed E-state index contributed by atoms with van der Waals surface area (Å²) in [7, 11) is 0. The smallest absolute Gasteiger partial charge is 0.0410 e. The molecule has 1 aliphatic rings. The standard InChI is InChI=1S/C11H13BrClN/c12-10-4-9(6-14-7-10)5-11(8-13)2-1-3-11/h4,6-7H,1-3,5,8H2. The van der Waals surface area contributed by atoms with Crippen LogP contribution in [-0.4, -0.2) is 10.9 Å². The molecule has 0 atom stereocenters. The van der Waals surface area contributed by atoms with Gasteiger partial charge in [-0.1, -0.05) is 6.42 Å². The Kier molecular flexibility index (Phi) is 3.13. The molecule has 1 aromatic rings. The highest BCUT2D eigenvalue weighted by atomic mass is 79.9. The van der Waals surface area contributed by atoms with E-state index >= 15 is 0 Å². The fourth-order valence-electron chi connectivity index (χ4n) is 2.02. The molecule has 2 rings (SSSR count). The summed E-state index contributed by atoms with van der Waals surface area (Å²) in [6.45, 7) is 0. The molecular formula is C11H13BrClN. The molecule has 76 valence electrons. The van der Waals surface area contributed by atoms with Crippen molar-refractivity contribution in [3.63, 3.8) is 0 Å². The summed E-state index contributed by atoms with van der Waals surface area (Å²) in [5.74, 6) is 0.777. The second kappa shape index (κ2) is 4.19. The van der Waals surface area contributed by atoms with E-state index in [-0.39, 0.29) is 0 Å². The van der Waals surface area contributed by atoms with Crippen LogP contribution in [0, 0.1) is 5.41 Å². The molecule has 0 saturated heterocycles. The van der Waals surface area contributed by atoms with Crippen LogP contribution in [0.2, 0.25) is 0 Å². The normalized spacial score (nSPS) is 19.0. The number of pyridine rings is 1. The fourth-order valence-corrected chi connectivity index (χ4v) is 2.79. The van der Waals surface area contributed by atoms with Crippen LogP contribution in [-0.2, 0) is 6.42 Å². The third kappa shape index (κ3) is 2.12. The Morgan fingerprint density at radius 3 is 2.71 bits per heavy atom. The van der Waals surface area contributed by atoms with Gasteiger partial charge in [-0.3, -0.25) is 4.98 Å². The van der Waals surface area contributed by atoms with Gasteiger partial charge in [-0.15, -0.1) is 11.6 Å². The second-order valence-corrected chi connectivity index (χ2v) is 5.36. The number of nitrogens with zero attached hydrogens (tertiary/aromatic N) is 1. The monoisotopic (exact) mass is 273 g/mol. The van der Waals surface area contributed by atoms with Gasteiger partial charge in [-0.25, -0.2) is 0 Å². The van der Waals surface area contributed by atoms with Crippen molar-refractivity contribution in [1.29, 1.82) is 0 Å². The van der Waals surface area contributed by atoms with Gasteiger partial charge in [-0.2, -0.15) is 0 Å². The molecule has 1 aliphatic carbocycles. The maximum atomic E-state index is 6.02. The summed E-state index contributed by atoms with van der Waals surface area (Å²) in [6.07, 6.45) is 8.69. The number of halogens is 2.